The number of alkyl halides is 3. The summed E-state index contributed by atoms with van der Waals surface area (Å²) in [6.07, 6.45) is 0.863. The van der Waals surface area contributed by atoms with Gasteiger partial charge in [0.25, 0.3) is 5.91 Å². The summed E-state index contributed by atoms with van der Waals surface area (Å²) < 4.78 is 36.5. The Morgan fingerprint density at radius 3 is 2.29 bits per heavy atom. The molecule has 0 aliphatic carbocycles. The van der Waals surface area contributed by atoms with E-state index in [4.69, 9.17) is 5.11 Å². The number of halogens is 3. The molecule has 2 N–H and O–H groups in total. The molecule has 116 valence electrons. The van der Waals surface area contributed by atoms with E-state index < -0.39 is 23.4 Å². The molecule has 1 atom stereocenters. The van der Waals surface area contributed by atoms with Gasteiger partial charge in [-0.1, -0.05) is 13.3 Å². The number of carbonyl (C=O) groups excluding carboxylic acids is 1. The number of carboxylic acid groups (broad SMARTS) is 1. The molecule has 0 aliphatic rings. The summed E-state index contributed by atoms with van der Waals surface area (Å²) in [6.45, 7) is 1.78. The molecule has 1 rings (SSSR count). The maximum atomic E-state index is 12.2. The van der Waals surface area contributed by atoms with Crippen molar-refractivity contribution in [1.82, 2.24) is 5.32 Å². The van der Waals surface area contributed by atoms with Crippen molar-refractivity contribution in [2.75, 3.05) is 0 Å². The molecule has 8 heteroatoms. The smallest absolute Gasteiger partial charge is 0.446 e. The highest BCUT2D eigenvalue weighted by Gasteiger charge is 2.29. The summed E-state index contributed by atoms with van der Waals surface area (Å²) in [5.41, 5.74) is -4.27. The highest BCUT2D eigenvalue weighted by Crippen LogP contribution is 2.36. The Bertz CT molecular complexity index is 502. The first-order chi connectivity index (χ1) is 9.73. The number of nitrogens with one attached hydrogen (secondary N) is 1. The van der Waals surface area contributed by atoms with E-state index in [0.717, 1.165) is 0 Å². The van der Waals surface area contributed by atoms with Gasteiger partial charge in [0.1, 0.15) is 6.04 Å². The summed E-state index contributed by atoms with van der Waals surface area (Å²) in [7, 11) is 0. The van der Waals surface area contributed by atoms with Gasteiger partial charge in [-0.25, -0.2) is 4.79 Å². The minimum Gasteiger partial charge on any atom is -0.480 e. The second-order valence-electron chi connectivity index (χ2n) is 4.23. The zero-order valence-electron chi connectivity index (χ0n) is 11.1. The number of benzene rings is 1. The molecular formula is C13H14F3NO3S. The first-order valence-electron chi connectivity index (χ1n) is 6.12. The molecular weight excluding hydrogens is 307 g/mol. The van der Waals surface area contributed by atoms with Gasteiger partial charge >= 0.3 is 11.5 Å². The first kappa shape index (κ1) is 17.4. The maximum absolute atomic E-state index is 12.2. The van der Waals surface area contributed by atoms with Crippen LogP contribution in [0, 0.1) is 0 Å². The summed E-state index contributed by atoms with van der Waals surface area (Å²) in [6, 6.07) is 3.79. The second kappa shape index (κ2) is 7.35. The standard InChI is InChI=1S/C13H14F3NO3S/c1-2-3-10(12(19)20)17-11(18)8-4-6-9(7-5-8)21-13(14,15)16/h4-7,10H,2-3H2,1H3,(H,17,18)(H,19,20)/t10-/m1/s1. The van der Waals surface area contributed by atoms with Crippen molar-refractivity contribution >= 4 is 23.6 Å². The van der Waals surface area contributed by atoms with Crippen molar-refractivity contribution in [3.63, 3.8) is 0 Å². The summed E-state index contributed by atoms with van der Waals surface area (Å²) in [5, 5.41) is 11.3. The van der Waals surface area contributed by atoms with Crippen molar-refractivity contribution < 1.29 is 27.9 Å². The predicted octanol–water partition coefficient (Wildman–Crippen LogP) is 3.28. The van der Waals surface area contributed by atoms with Gasteiger partial charge in [-0.3, -0.25) is 4.79 Å². The number of rotatable bonds is 6. The Hall–Kier alpha value is -1.70. The van der Waals surface area contributed by atoms with Crippen LogP contribution in [0.5, 0.6) is 0 Å². The molecule has 0 heterocycles. The molecule has 21 heavy (non-hydrogen) atoms. The number of hydrogen-bond acceptors (Lipinski definition) is 3. The van der Waals surface area contributed by atoms with E-state index in [1.54, 1.807) is 6.92 Å². The van der Waals surface area contributed by atoms with Gasteiger partial charge in [-0.05, 0) is 42.4 Å². The molecule has 1 aromatic rings. The van der Waals surface area contributed by atoms with Gasteiger partial charge in [0.2, 0.25) is 0 Å². The largest absolute Gasteiger partial charge is 0.480 e. The van der Waals surface area contributed by atoms with Crippen molar-refractivity contribution in [1.29, 1.82) is 0 Å². The molecule has 0 spiro atoms. The van der Waals surface area contributed by atoms with E-state index in [-0.39, 0.29) is 28.6 Å². The third kappa shape index (κ3) is 6.07. The lowest BCUT2D eigenvalue weighted by molar-refractivity contribution is -0.139. The Labute approximate surface area is 123 Å². The normalized spacial score (nSPS) is 12.8. The third-order valence-corrected chi connectivity index (χ3v) is 3.27. The van der Waals surface area contributed by atoms with Crippen LogP contribution in [0.4, 0.5) is 13.2 Å². The lowest BCUT2D eigenvalue weighted by Gasteiger charge is -2.13. The molecule has 0 fully saturated rings. The molecule has 1 aromatic carbocycles. The van der Waals surface area contributed by atoms with Crippen LogP contribution in [0.25, 0.3) is 0 Å². The van der Waals surface area contributed by atoms with Crippen molar-refractivity contribution in [3.8, 4) is 0 Å². The van der Waals surface area contributed by atoms with E-state index in [9.17, 15) is 22.8 Å². The van der Waals surface area contributed by atoms with Crippen LogP contribution in [-0.4, -0.2) is 28.5 Å². The van der Waals surface area contributed by atoms with Gasteiger partial charge < -0.3 is 10.4 Å². The molecule has 0 bridgehead atoms. The summed E-state index contributed by atoms with van der Waals surface area (Å²) in [4.78, 5) is 22.7. The lowest BCUT2D eigenvalue weighted by atomic mass is 10.1. The van der Waals surface area contributed by atoms with E-state index in [1.807, 2.05) is 0 Å². The van der Waals surface area contributed by atoms with Crippen molar-refractivity contribution in [2.45, 2.75) is 36.2 Å². The fourth-order valence-corrected chi connectivity index (χ4v) is 2.14. The van der Waals surface area contributed by atoms with Gasteiger partial charge in [-0.2, -0.15) is 13.2 Å². The number of hydrogen-bond donors (Lipinski definition) is 2. The number of carbonyl (C=O) groups is 2. The van der Waals surface area contributed by atoms with Crippen molar-refractivity contribution in [3.05, 3.63) is 29.8 Å². The first-order valence-corrected chi connectivity index (χ1v) is 6.94. The maximum Gasteiger partial charge on any atom is 0.446 e. The second-order valence-corrected chi connectivity index (χ2v) is 5.36. The molecule has 0 unspecified atom stereocenters. The highest BCUT2D eigenvalue weighted by molar-refractivity contribution is 8.00. The van der Waals surface area contributed by atoms with Crippen LogP contribution in [0.15, 0.2) is 29.2 Å². The quantitative estimate of drug-likeness (QED) is 0.789. The van der Waals surface area contributed by atoms with Crippen LogP contribution >= 0.6 is 11.8 Å². The zero-order chi connectivity index (χ0) is 16.0. The summed E-state index contributed by atoms with van der Waals surface area (Å²) >= 11 is -0.278. The lowest BCUT2D eigenvalue weighted by Crippen LogP contribution is -2.40. The number of carboxylic acids is 1. The molecule has 0 saturated heterocycles. The predicted molar refractivity (Wildman–Crippen MR) is 72.2 cm³/mol. The Balaban J connectivity index is 2.72. The number of amides is 1. The average molecular weight is 321 g/mol. The fraction of sp³-hybridized carbons (Fsp3) is 0.385. The van der Waals surface area contributed by atoms with Crippen LogP contribution in [0.1, 0.15) is 30.1 Å². The van der Waals surface area contributed by atoms with Crippen LogP contribution < -0.4 is 5.32 Å². The topological polar surface area (TPSA) is 66.4 Å². The Kier molecular flexibility index (Phi) is 6.07. The Morgan fingerprint density at radius 2 is 1.86 bits per heavy atom. The van der Waals surface area contributed by atoms with E-state index >= 15 is 0 Å². The number of thioether (sulfide) groups is 1. The third-order valence-electron chi connectivity index (χ3n) is 2.53. The molecule has 0 saturated carbocycles. The van der Waals surface area contributed by atoms with Gasteiger partial charge in [0.15, 0.2) is 0 Å². The SMILES string of the molecule is CCC[C@@H](NC(=O)c1ccc(SC(F)(F)F)cc1)C(=O)O. The van der Waals surface area contributed by atoms with E-state index in [1.165, 1.54) is 24.3 Å². The average Bonchev–Trinajstić information content (AvgIpc) is 2.36. The van der Waals surface area contributed by atoms with Crippen molar-refractivity contribution in [2.24, 2.45) is 0 Å². The van der Waals surface area contributed by atoms with Gasteiger partial charge in [0, 0.05) is 10.5 Å². The van der Waals surface area contributed by atoms with Gasteiger partial charge in [0.05, 0.1) is 0 Å². The number of aliphatic carboxylic acids is 1. The molecule has 0 aromatic heterocycles. The zero-order valence-corrected chi connectivity index (χ0v) is 11.9. The van der Waals surface area contributed by atoms with Gasteiger partial charge in [-0.15, -0.1) is 0 Å². The molecule has 1 amide bonds. The Morgan fingerprint density at radius 1 is 1.29 bits per heavy atom. The minimum absolute atomic E-state index is 0.0395. The van der Waals surface area contributed by atoms with E-state index in [0.29, 0.717) is 6.42 Å². The van der Waals surface area contributed by atoms with Crippen LogP contribution in [-0.2, 0) is 4.79 Å². The van der Waals surface area contributed by atoms with Crippen LogP contribution in [0.2, 0.25) is 0 Å². The highest BCUT2D eigenvalue weighted by atomic mass is 32.2. The summed E-state index contributed by atoms with van der Waals surface area (Å²) in [5.74, 6) is -1.77. The molecule has 0 aliphatic heterocycles. The molecule has 0 radical (unpaired) electrons. The fourth-order valence-electron chi connectivity index (χ4n) is 1.60. The molecule has 4 nitrogen and oxygen atoms in total. The minimum atomic E-state index is -4.39. The van der Waals surface area contributed by atoms with Crippen LogP contribution in [0.3, 0.4) is 0 Å². The van der Waals surface area contributed by atoms with E-state index in [2.05, 4.69) is 5.32 Å². The monoisotopic (exact) mass is 321 g/mol.